The summed E-state index contributed by atoms with van der Waals surface area (Å²) in [6.45, 7) is 0.174. The Balaban J connectivity index is 1.70. The van der Waals surface area contributed by atoms with E-state index in [0.717, 1.165) is 11.3 Å². The second-order valence-electron chi connectivity index (χ2n) is 5.61. The zero-order valence-electron chi connectivity index (χ0n) is 14.5. The molecule has 0 saturated carbocycles. The molecule has 0 bridgehead atoms. The molecular weight excluding hydrogens is 348 g/mol. The number of nitro benzene ring substituents is 1. The maximum absolute atomic E-state index is 12.2. The summed E-state index contributed by atoms with van der Waals surface area (Å²) in [7, 11) is 1.60. The molecule has 3 rings (SSSR count). The number of nitrogens with one attached hydrogen (secondary N) is 1. The van der Waals surface area contributed by atoms with Crippen LogP contribution in [0.25, 0.3) is 11.3 Å². The van der Waals surface area contributed by atoms with Crippen LogP contribution in [-0.2, 0) is 6.54 Å². The van der Waals surface area contributed by atoms with Crippen molar-refractivity contribution in [3.05, 3.63) is 82.3 Å². The lowest BCUT2D eigenvalue weighted by Crippen LogP contribution is -2.23. The van der Waals surface area contributed by atoms with E-state index in [1.807, 2.05) is 24.3 Å². The third-order valence-corrected chi connectivity index (χ3v) is 3.86. The van der Waals surface area contributed by atoms with Crippen molar-refractivity contribution in [2.24, 2.45) is 0 Å². The van der Waals surface area contributed by atoms with E-state index >= 15 is 0 Å². The van der Waals surface area contributed by atoms with Crippen molar-refractivity contribution in [1.82, 2.24) is 15.3 Å². The number of hydrogen-bond acceptors (Lipinski definition) is 6. The minimum atomic E-state index is -0.539. The molecule has 2 aromatic carbocycles. The Hall–Kier alpha value is -3.81. The molecule has 136 valence electrons. The average Bonchev–Trinajstić information content (AvgIpc) is 2.72. The molecule has 0 aliphatic heterocycles. The Bertz CT molecular complexity index is 973. The monoisotopic (exact) mass is 364 g/mol. The fourth-order valence-electron chi connectivity index (χ4n) is 2.45. The van der Waals surface area contributed by atoms with Gasteiger partial charge in [-0.3, -0.25) is 14.9 Å². The van der Waals surface area contributed by atoms with Gasteiger partial charge in [0.25, 0.3) is 11.6 Å². The molecule has 0 fully saturated rings. The number of nitrogens with zero attached hydrogens (tertiary/aromatic N) is 3. The van der Waals surface area contributed by atoms with Gasteiger partial charge in [-0.05, 0) is 36.4 Å². The van der Waals surface area contributed by atoms with E-state index in [9.17, 15) is 14.9 Å². The summed E-state index contributed by atoms with van der Waals surface area (Å²) in [5.41, 5.74) is 2.31. The first-order valence-electron chi connectivity index (χ1n) is 8.05. The Morgan fingerprint density at radius 2 is 1.93 bits per heavy atom. The lowest BCUT2D eigenvalue weighted by atomic mass is 10.1. The van der Waals surface area contributed by atoms with Crippen LogP contribution >= 0.6 is 0 Å². The molecule has 1 amide bonds. The summed E-state index contributed by atoms with van der Waals surface area (Å²) in [5, 5.41) is 13.5. The van der Waals surface area contributed by atoms with E-state index < -0.39 is 10.8 Å². The molecule has 0 aliphatic rings. The first-order valence-corrected chi connectivity index (χ1v) is 8.05. The van der Waals surface area contributed by atoms with Crippen molar-refractivity contribution in [1.29, 1.82) is 0 Å². The average molecular weight is 364 g/mol. The molecular formula is C19H16N4O4. The van der Waals surface area contributed by atoms with E-state index in [-0.39, 0.29) is 17.8 Å². The van der Waals surface area contributed by atoms with E-state index in [2.05, 4.69) is 15.3 Å². The van der Waals surface area contributed by atoms with Gasteiger partial charge in [0.1, 0.15) is 12.1 Å². The maximum Gasteiger partial charge on any atom is 0.270 e. The van der Waals surface area contributed by atoms with Gasteiger partial charge in [0.2, 0.25) is 0 Å². The number of carbonyl (C=O) groups is 1. The molecule has 0 spiro atoms. The second-order valence-corrected chi connectivity index (χ2v) is 5.61. The molecule has 1 heterocycles. The van der Waals surface area contributed by atoms with E-state index in [4.69, 9.17) is 4.74 Å². The van der Waals surface area contributed by atoms with Crippen molar-refractivity contribution in [3.63, 3.8) is 0 Å². The normalized spacial score (nSPS) is 10.3. The molecule has 0 unspecified atom stereocenters. The summed E-state index contributed by atoms with van der Waals surface area (Å²) < 4.78 is 5.14. The first-order chi connectivity index (χ1) is 13.1. The van der Waals surface area contributed by atoms with Crippen molar-refractivity contribution in [2.75, 3.05) is 7.11 Å². The summed E-state index contributed by atoms with van der Waals surface area (Å²) in [5.74, 6) is 0.334. The molecule has 1 N–H and O–H groups in total. The Morgan fingerprint density at radius 1 is 1.15 bits per heavy atom. The third-order valence-electron chi connectivity index (χ3n) is 3.86. The molecule has 27 heavy (non-hydrogen) atoms. The van der Waals surface area contributed by atoms with Crippen LogP contribution in [0, 0.1) is 10.1 Å². The second kappa shape index (κ2) is 8.05. The zero-order valence-corrected chi connectivity index (χ0v) is 14.5. The van der Waals surface area contributed by atoms with Crippen LogP contribution in [0.3, 0.4) is 0 Å². The molecule has 8 nitrogen and oxygen atoms in total. The number of methoxy groups -OCH3 is 1. The standard InChI is InChI=1S/C19H16N4O4/c1-27-17-7-5-13(6-8-17)18-10-15(21-12-22-18)11-20-19(24)14-3-2-4-16(9-14)23(25)26/h2-10,12H,11H2,1H3,(H,20,24). The summed E-state index contributed by atoms with van der Waals surface area (Å²) in [6.07, 6.45) is 1.43. The van der Waals surface area contributed by atoms with Crippen LogP contribution in [0.5, 0.6) is 5.75 Å². The maximum atomic E-state index is 12.2. The van der Waals surface area contributed by atoms with Gasteiger partial charge >= 0.3 is 0 Å². The number of ether oxygens (including phenoxy) is 1. The minimum absolute atomic E-state index is 0.133. The smallest absolute Gasteiger partial charge is 0.270 e. The van der Waals surface area contributed by atoms with Crippen molar-refractivity contribution in [3.8, 4) is 17.0 Å². The summed E-state index contributed by atoms with van der Waals surface area (Å²) in [6, 6.07) is 14.8. The molecule has 1 aromatic heterocycles. The van der Waals surface area contributed by atoms with Crippen LogP contribution < -0.4 is 10.1 Å². The summed E-state index contributed by atoms with van der Waals surface area (Å²) in [4.78, 5) is 30.9. The van der Waals surface area contributed by atoms with Crippen LogP contribution in [0.15, 0.2) is 60.9 Å². The van der Waals surface area contributed by atoms with Crippen molar-refractivity contribution >= 4 is 11.6 Å². The van der Waals surface area contributed by atoms with Crippen LogP contribution in [0.4, 0.5) is 5.69 Å². The number of aromatic nitrogens is 2. The van der Waals surface area contributed by atoms with Gasteiger partial charge in [0, 0.05) is 23.3 Å². The van der Waals surface area contributed by atoms with Crippen molar-refractivity contribution < 1.29 is 14.5 Å². The Morgan fingerprint density at radius 3 is 2.63 bits per heavy atom. The van der Waals surface area contributed by atoms with Crippen LogP contribution in [0.1, 0.15) is 16.1 Å². The largest absolute Gasteiger partial charge is 0.497 e. The highest BCUT2D eigenvalue weighted by molar-refractivity contribution is 5.94. The number of rotatable bonds is 6. The predicted octanol–water partition coefficient (Wildman–Crippen LogP) is 2.99. The van der Waals surface area contributed by atoms with Gasteiger partial charge in [-0.25, -0.2) is 9.97 Å². The van der Waals surface area contributed by atoms with E-state index in [1.165, 1.54) is 30.6 Å². The molecule has 0 radical (unpaired) electrons. The highest BCUT2D eigenvalue weighted by Crippen LogP contribution is 2.20. The van der Waals surface area contributed by atoms with Gasteiger partial charge in [-0.2, -0.15) is 0 Å². The number of hydrogen-bond donors (Lipinski definition) is 1. The first kappa shape index (κ1) is 18.0. The fourth-order valence-corrected chi connectivity index (χ4v) is 2.45. The molecule has 0 saturated heterocycles. The van der Waals surface area contributed by atoms with E-state index in [0.29, 0.717) is 11.4 Å². The number of amides is 1. The topological polar surface area (TPSA) is 107 Å². The van der Waals surface area contributed by atoms with Gasteiger partial charge in [0.15, 0.2) is 0 Å². The quantitative estimate of drug-likeness (QED) is 0.532. The highest BCUT2D eigenvalue weighted by atomic mass is 16.6. The van der Waals surface area contributed by atoms with Gasteiger partial charge in [-0.1, -0.05) is 6.07 Å². The minimum Gasteiger partial charge on any atom is -0.497 e. The van der Waals surface area contributed by atoms with Crippen molar-refractivity contribution in [2.45, 2.75) is 6.54 Å². The predicted molar refractivity (Wildman–Crippen MR) is 98.3 cm³/mol. The summed E-state index contributed by atoms with van der Waals surface area (Å²) >= 11 is 0. The van der Waals surface area contributed by atoms with Gasteiger partial charge in [0.05, 0.1) is 30.0 Å². The molecule has 8 heteroatoms. The number of benzene rings is 2. The lowest BCUT2D eigenvalue weighted by Gasteiger charge is -2.07. The zero-order chi connectivity index (χ0) is 19.2. The Kier molecular flexibility index (Phi) is 5.36. The van der Waals surface area contributed by atoms with E-state index in [1.54, 1.807) is 13.2 Å². The molecule has 0 atom stereocenters. The third kappa shape index (κ3) is 4.43. The van der Waals surface area contributed by atoms with Crippen LogP contribution in [0.2, 0.25) is 0 Å². The molecule has 3 aromatic rings. The Labute approximate surface area is 155 Å². The highest BCUT2D eigenvalue weighted by Gasteiger charge is 2.11. The number of carbonyl (C=O) groups excluding carboxylic acids is 1. The van der Waals surface area contributed by atoms with Gasteiger partial charge in [-0.15, -0.1) is 0 Å². The SMILES string of the molecule is COc1ccc(-c2cc(CNC(=O)c3cccc([N+](=O)[O-])c3)ncn2)cc1. The number of non-ortho nitro benzene ring substituents is 1. The lowest BCUT2D eigenvalue weighted by molar-refractivity contribution is -0.384. The van der Waals surface area contributed by atoms with Gasteiger partial charge < -0.3 is 10.1 Å². The van der Waals surface area contributed by atoms with Crippen LogP contribution in [-0.4, -0.2) is 27.9 Å². The molecule has 0 aliphatic carbocycles. The number of nitro groups is 1. The fraction of sp³-hybridized carbons (Fsp3) is 0.105.